The van der Waals surface area contributed by atoms with Crippen LogP contribution in [0.5, 0.6) is 0 Å². The van der Waals surface area contributed by atoms with Crippen molar-refractivity contribution in [2.24, 2.45) is 5.73 Å². The minimum absolute atomic E-state index is 0.105. The molecule has 0 saturated carbocycles. The molecule has 0 unspecified atom stereocenters. The number of primary amides is 1. The molecule has 0 bridgehead atoms. The van der Waals surface area contributed by atoms with E-state index >= 15 is 0 Å². The molecular weight excluding hydrogens is 232 g/mol. The fourth-order valence-corrected chi connectivity index (χ4v) is 1.60. The van der Waals surface area contributed by atoms with Gasteiger partial charge in [0.2, 0.25) is 0 Å². The van der Waals surface area contributed by atoms with Gasteiger partial charge in [-0.15, -0.1) is 0 Å². The Morgan fingerprint density at radius 3 is 2.75 bits per heavy atom. The molecule has 0 radical (unpaired) electrons. The quantitative estimate of drug-likeness (QED) is 0.727. The molecule has 0 aliphatic heterocycles. The van der Waals surface area contributed by atoms with Gasteiger partial charge in [0.05, 0.1) is 6.42 Å². The molecule has 0 aromatic carbocycles. The van der Waals surface area contributed by atoms with Crippen LogP contribution in [0.2, 0.25) is 0 Å². The molecule has 3 N–H and O–H groups in total. The molecule has 3 amide bonds. The molecule has 0 spiro atoms. The van der Waals surface area contributed by atoms with Crippen molar-refractivity contribution in [3.63, 3.8) is 0 Å². The molecule has 1 rings (SSSR count). The van der Waals surface area contributed by atoms with Crippen LogP contribution in [0.25, 0.3) is 0 Å². The van der Waals surface area contributed by atoms with Crippen LogP contribution in [-0.2, 0) is 20.7 Å². The Bertz CT molecular complexity index is 388. The van der Waals surface area contributed by atoms with Crippen LogP contribution >= 0.6 is 11.3 Å². The summed E-state index contributed by atoms with van der Waals surface area (Å²) in [6.07, 6.45) is 0.105. The number of imide groups is 1. The van der Waals surface area contributed by atoms with Gasteiger partial charge in [0.1, 0.15) is 0 Å². The normalized spacial score (nSPS) is 9.50. The third-order valence-corrected chi connectivity index (χ3v) is 2.29. The number of rotatable bonds is 4. The Morgan fingerprint density at radius 2 is 2.19 bits per heavy atom. The summed E-state index contributed by atoms with van der Waals surface area (Å²) >= 11 is 1.47. The lowest BCUT2D eigenvalue weighted by molar-refractivity contribution is -0.147. The van der Waals surface area contributed by atoms with Gasteiger partial charge in [-0.1, -0.05) is 0 Å². The van der Waals surface area contributed by atoms with E-state index in [9.17, 15) is 14.4 Å². The number of carbonyl (C=O) groups is 3. The number of carbonyl (C=O) groups excluding carboxylic acids is 3. The highest BCUT2D eigenvalue weighted by molar-refractivity contribution is 7.07. The third-order valence-electron chi connectivity index (χ3n) is 1.56. The summed E-state index contributed by atoms with van der Waals surface area (Å²) in [5.74, 6) is -1.27. The van der Waals surface area contributed by atoms with Crippen molar-refractivity contribution >= 4 is 29.2 Å². The number of nitrogens with two attached hydrogens (primary N) is 1. The maximum absolute atomic E-state index is 11.2. The highest BCUT2D eigenvalue weighted by Crippen LogP contribution is 2.06. The lowest BCUT2D eigenvalue weighted by Gasteiger charge is -2.03. The van der Waals surface area contributed by atoms with Gasteiger partial charge in [0, 0.05) is 0 Å². The van der Waals surface area contributed by atoms with Gasteiger partial charge in [-0.2, -0.15) is 11.3 Å². The van der Waals surface area contributed by atoms with Gasteiger partial charge < -0.3 is 10.5 Å². The van der Waals surface area contributed by atoms with Crippen LogP contribution in [0.3, 0.4) is 0 Å². The van der Waals surface area contributed by atoms with Crippen LogP contribution in [-0.4, -0.2) is 24.5 Å². The summed E-state index contributed by atoms with van der Waals surface area (Å²) in [5, 5.41) is 5.43. The minimum Gasteiger partial charge on any atom is -0.455 e. The Balaban J connectivity index is 2.25. The SMILES string of the molecule is NC(=O)NC(=O)COC(=O)Cc1ccsc1. The zero-order valence-corrected chi connectivity index (χ0v) is 9.08. The first-order chi connectivity index (χ1) is 7.58. The topological polar surface area (TPSA) is 98.5 Å². The van der Waals surface area contributed by atoms with E-state index < -0.39 is 24.5 Å². The van der Waals surface area contributed by atoms with Crippen LogP contribution in [0.4, 0.5) is 4.79 Å². The van der Waals surface area contributed by atoms with Crippen molar-refractivity contribution in [1.29, 1.82) is 0 Å². The standard InChI is InChI=1S/C9H10N2O4S/c10-9(14)11-7(12)4-15-8(13)3-6-1-2-16-5-6/h1-2,5H,3-4H2,(H3,10,11,12,14). The summed E-state index contributed by atoms with van der Waals surface area (Å²) in [7, 11) is 0. The molecule has 1 heterocycles. The van der Waals surface area contributed by atoms with Crippen molar-refractivity contribution in [3.05, 3.63) is 22.4 Å². The van der Waals surface area contributed by atoms with E-state index in [1.54, 1.807) is 11.4 Å². The van der Waals surface area contributed by atoms with Gasteiger partial charge in [-0.25, -0.2) is 4.79 Å². The van der Waals surface area contributed by atoms with Crippen molar-refractivity contribution in [2.45, 2.75) is 6.42 Å². The lowest BCUT2D eigenvalue weighted by Crippen LogP contribution is -2.37. The number of nitrogens with one attached hydrogen (secondary N) is 1. The lowest BCUT2D eigenvalue weighted by atomic mass is 10.2. The Morgan fingerprint density at radius 1 is 1.44 bits per heavy atom. The Labute approximate surface area is 95.4 Å². The number of esters is 1. The molecule has 0 aliphatic rings. The molecule has 1 aromatic heterocycles. The summed E-state index contributed by atoms with van der Waals surface area (Å²) in [4.78, 5) is 32.3. The molecule has 86 valence electrons. The smallest absolute Gasteiger partial charge is 0.318 e. The molecule has 1 aromatic rings. The first-order valence-corrected chi connectivity index (χ1v) is 5.28. The van der Waals surface area contributed by atoms with Gasteiger partial charge >= 0.3 is 12.0 Å². The number of thiophene rings is 1. The molecule has 0 saturated heterocycles. The zero-order valence-electron chi connectivity index (χ0n) is 8.26. The Hall–Kier alpha value is -1.89. The molecule has 6 nitrogen and oxygen atoms in total. The average molecular weight is 242 g/mol. The molecule has 16 heavy (non-hydrogen) atoms. The molecular formula is C9H10N2O4S. The molecule has 7 heteroatoms. The van der Waals surface area contributed by atoms with E-state index in [4.69, 9.17) is 5.73 Å². The number of amides is 3. The van der Waals surface area contributed by atoms with Crippen molar-refractivity contribution < 1.29 is 19.1 Å². The van der Waals surface area contributed by atoms with Crippen molar-refractivity contribution in [2.75, 3.05) is 6.61 Å². The van der Waals surface area contributed by atoms with Crippen molar-refractivity contribution in [3.8, 4) is 0 Å². The third kappa shape index (κ3) is 4.56. The monoisotopic (exact) mass is 242 g/mol. The first-order valence-electron chi connectivity index (χ1n) is 4.34. The van der Waals surface area contributed by atoms with E-state index in [0.717, 1.165) is 5.56 Å². The fraction of sp³-hybridized carbons (Fsp3) is 0.222. The molecule has 0 atom stereocenters. The number of hydrogen-bond acceptors (Lipinski definition) is 5. The maximum atomic E-state index is 11.2. The largest absolute Gasteiger partial charge is 0.455 e. The van der Waals surface area contributed by atoms with Crippen LogP contribution < -0.4 is 11.1 Å². The predicted octanol–water partition coefficient (Wildman–Crippen LogP) is 0.0287. The summed E-state index contributed by atoms with van der Waals surface area (Å²) in [6, 6.07) is 0.814. The summed E-state index contributed by atoms with van der Waals surface area (Å²) in [5.41, 5.74) is 5.52. The maximum Gasteiger partial charge on any atom is 0.318 e. The predicted molar refractivity (Wildman–Crippen MR) is 56.7 cm³/mol. The van der Waals surface area contributed by atoms with E-state index in [0.29, 0.717) is 0 Å². The first kappa shape index (κ1) is 12.2. The highest BCUT2D eigenvalue weighted by atomic mass is 32.1. The van der Waals surface area contributed by atoms with Crippen LogP contribution in [0, 0.1) is 0 Å². The second-order valence-corrected chi connectivity index (χ2v) is 3.66. The van der Waals surface area contributed by atoms with Crippen LogP contribution in [0.15, 0.2) is 16.8 Å². The minimum atomic E-state index is -0.973. The van der Waals surface area contributed by atoms with E-state index in [-0.39, 0.29) is 6.42 Å². The van der Waals surface area contributed by atoms with Gasteiger partial charge in [0.25, 0.3) is 5.91 Å². The van der Waals surface area contributed by atoms with Gasteiger partial charge in [0.15, 0.2) is 6.61 Å². The fourth-order valence-electron chi connectivity index (χ4n) is 0.930. The average Bonchev–Trinajstić information content (AvgIpc) is 2.66. The Kier molecular flexibility index (Phi) is 4.46. The second kappa shape index (κ2) is 5.86. The van der Waals surface area contributed by atoms with E-state index in [1.807, 2.05) is 10.8 Å². The van der Waals surface area contributed by atoms with Gasteiger partial charge in [-0.3, -0.25) is 14.9 Å². The number of ether oxygens (including phenoxy) is 1. The highest BCUT2D eigenvalue weighted by Gasteiger charge is 2.09. The number of hydrogen-bond donors (Lipinski definition) is 2. The van der Waals surface area contributed by atoms with E-state index in [1.165, 1.54) is 11.3 Å². The number of urea groups is 1. The molecule has 0 fully saturated rings. The van der Waals surface area contributed by atoms with Gasteiger partial charge in [-0.05, 0) is 22.4 Å². The second-order valence-electron chi connectivity index (χ2n) is 2.88. The van der Waals surface area contributed by atoms with E-state index in [2.05, 4.69) is 4.74 Å². The summed E-state index contributed by atoms with van der Waals surface area (Å²) in [6.45, 7) is -0.508. The zero-order chi connectivity index (χ0) is 12.0. The molecule has 0 aliphatic carbocycles. The summed E-state index contributed by atoms with van der Waals surface area (Å²) < 4.78 is 4.62. The van der Waals surface area contributed by atoms with Crippen molar-refractivity contribution in [1.82, 2.24) is 5.32 Å². The van der Waals surface area contributed by atoms with Crippen LogP contribution in [0.1, 0.15) is 5.56 Å².